The van der Waals surface area contributed by atoms with E-state index in [1.54, 1.807) is 0 Å². The number of rotatable bonds is 0. The molecule has 0 radical (unpaired) electrons. The third kappa shape index (κ3) is 10.7. The van der Waals surface area contributed by atoms with Crippen LogP contribution < -0.4 is 0 Å². The fraction of sp³-hybridized carbons (Fsp3) is 0.842. The predicted molar refractivity (Wildman–Crippen MR) is 89.4 cm³/mol. The SMILES string of the molecule is O=C1CCCCCCCCC=CCCCCCCCC1O. The lowest BCUT2D eigenvalue weighted by Crippen LogP contribution is -2.19. The molecule has 0 aromatic rings. The maximum atomic E-state index is 11.8. The first kappa shape index (κ1) is 18.4. The van der Waals surface area contributed by atoms with E-state index in [4.69, 9.17) is 0 Å². The van der Waals surface area contributed by atoms with E-state index in [1.807, 2.05) is 0 Å². The van der Waals surface area contributed by atoms with Crippen LogP contribution in [-0.2, 0) is 4.79 Å². The second-order valence-electron chi connectivity index (χ2n) is 6.46. The summed E-state index contributed by atoms with van der Waals surface area (Å²) in [7, 11) is 0. The summed E-state index contributed by atoms with van der Waals surface area (Å²) in [6, 6.07) is 0. The van der Waals surface area contributed by atoms with Crippen LogP contribution in [0.25, 0.3) is 0 Å². The average Bonchev–Trinajstić information content (AvgIpc) is 2.49. The summed E-state index contributed by atoms with van der Waals surface area (Å²) in [5.41, 5.74) is 0. The first-order valence-corrected chi connectivity index (χ1v) is 9.16. The van der Waals surface area contributed by atoms with Crippen molar-refractivity contribution >= 4 is 5.78 Å². The molecule has 0 aromatic carbocycles. The summed E-state index contributed by atoms with van der Waals surface area (Å²) in [5.74, 6) is 0.0668. The summed E-state index contributed by atoms with van der Waals surface area (Å²) in [6.07, 6.45) is 20.8. The van der Waals surface area contributed by atoms with E-state index in [1.165, 1.54) is 57.8 Å². The van der Waals surface area contributed by atoms with Gasteiger partial charge < -0.3 is 5.11 Å². The highest BCUT2D eigenvalue weighted by atomic mass is 16.3. The fourth-order valence-electron chi connectivity index (χ4n) is 2.96. The van der Waals surface area contributed by atoms with E-state index in [9.17, 15) is 9.90 Å². The Hall–Kier alpha value is -0.630. The van der Waals surface area contributed by atoms with Gasteiger partial charge >= 0.3 is 0 Å². The Morgan fingerprint density at radius 3 is 1.81 bits per heavy atom. The maximum Gasteiger partial charge on any atom is 0.161 e. The van der Waals surface area contributed by atoms with Crippen LogP contribution in [0.5, 0.6) is 0 Å². The van der Waals surface area contributed by atoms with E-state index in [2.05, 4.69) is 12.2 Å². The summed E-state index contributed by atoms with van der Waals surface area (Å²) in [4.78, 5) is 11.8. The number of carbonyl (C=O) groups is 1. The number of Topliss-reactive ketones (excluding diaryl/α,β-unsaturated/α-hetero) is 1. The van der Waals surface area contributed by atoms with Crippen LogP contribution in [0, 0.1) is 0 Å². The Balaban J connectivity index is 2.24. The molecule has 1 N–H and O–H groups in total. The van der Waals surface area contributed by atoms with Gasteiger partial charge in [0.15, 0.2) is 5.78 Å². The number of aliphatic hydroxyl groups excluding tert-OH is 1. The zero-order valence-electron chi connectivity index (χ0n) is 13.7. The molecular weight excluding hydrogens is 260 g/mol. The Morgan fingerprint density at radius 2 is 1.19 bits per heavy atom. The molecule has 1 rings (SSSR count). The third-order valence-corrected chi connectivity index (χ3v) is 4.43. The highest BCUT2D eigenvalue weighted by Gasteiger charge is 2.13. The van der Waals surface area contributed by atoms with Gasteiger partial charge in [-0.3, -0.25) is 4.79 Å². The molecule has 122 valence electrons. The number of hydrogen-bond acceptors (Lipinski definition) is 2. The van der Waals surface area contributed by atoms with Gasteiger partial charge in [-0.05, 0) is 38.5 Å². The Labute approximate surface area is 131 Å². The lowest BCUT2D eigenvalue weighted by atomic mass is 10.0. The van der Waals surface area contributed by atoms with Crippen molar-refractivity contribution in [3.63, 3.8) is 0 Å². The molecule has 0 amide bonds. The maximum absolute atomic E-state index is 11.8. The van der Waals surface area contributed by atoms with Gasteiger partial charge in [0.1, 0.15) is 6.10 Å². The van der Waals surface area contributed by atoms with Crippen LogP contribution in [0.15, 0.2) is 12.2 Å². The molecule has 1 aliphatic carbocycles. The largest absolute Gasteiger partial charge is 0.385 e. The average molecular weight is 294 g/mol. The number of ketones is 1. The van der Waals surface area contributed by atoms with Crippen molar-refractivity contribution in [2.45, 2.75) is 102 Å². The van der Waals surface area contributed by atoms with Crippen molar-refractivity contribution in [1.29, 1.82) is 0 Å². The van der Waals surface area contributed by atoms with Crippen molar-refractivity contribution in [2.24, 2.45) is 0 Å². The van der Waals surface area contributed by atoms with E-state index < -0.39 is 6.10 Å². The quantitative estimate of drug-likeness (QED) is 0.612. The van der Waals surface area contributed by atoms with E-state index in [0.717, 1.165) is 25.7 Å². The van der Waals surface area contributed by atoms with Crippen LogP contribution in [0.1, 0.15) is 96.3 Å². The molecule has 21 heavy (non-hydrogen) atoms. The smallest absolute Gasteiger partial charge is 0.161 e. The molecule has 2 heteroatoms. The number of hydrogen-bond donors (Lipinski definition) is 1. The normalized spacial score (nSPS) is 25.8. The van der Waals surface area contributed by atoms with E-state index in [-0.39, 0.29) is 5.78 Å². The molecule has 0 spiro atoms. The van der Waals surface area contributed by atoms with Gasteiger partial charge in [0.2, 0.25) is 0 Å². The molecule has 0 saturated carbocycles. The number of carbonyl (C=O) groups excluding carboxylic acids is 1. The van der Waals surface area contributed by atoms with Gasteiger partial charge in [-0.2, -0.15) is 0 Å². The zero-order chi connectivity index (χ0) is 15.2. The molecule has 0 aliphatic heterocycles. The minimum absolute atomic E-state index is 0.0668. The summed E-state index contributed by atoms with van der Waals surface area (Å²) in [6.45, 7) is 0. The summed E-state index contributed by atoms with van der Waals surface area (Å²) >= 11 is 0. The Kier molecular flexibility index (Phi) is 11.5. The standard InChI is InChI=1S/C19H34O2/c20-18-16-14-12-10-8-6-4-2-1-3-5-7-9-11-13-15-17-19(18)21/h1-2,18,20H,3-17H2. The topological polar surface area (TPSA) is 37.3 Å². The van der Waals surface area contributed by atoms with E-state index in [0.29, 0.717) is 12.8 Å². The zero-order valence-corrected chi connectivity index (χ0v) is 13.7. The second kappa shape index (κ2) is 13.1. The van der Waals surface area contributed by atoms with Gasteiger partial charge in [-0.1, -0.05) is 63.5 Å². The van der Waals surface area contributed by atoms with E-state index >= 15 is 0 Å². The van der Waals surface area contributed by atoms with Gasteiger partial charge in [-0.25, -0.2) is 0 Å². The first-order chi connectivity index (χ1) is 10.3. The minimum Gasteiger partial charge on any atom is -0.385 e. The highest BCUT2D eigenvalue weighted by Crippen LogP contribution is 2.14. The third-order valence-electron chi connectivity index (χ3n) is 4.43. The van der Waals surface area contributed by atoms with Crippen molar-refractivity contribution in [3.8, 4) is 0 Å². The summed E-state index contributed by atoms with van der Waals surface area (Å²) < 4.78 is 0. The molecule has 0 bridgehead atoms. The molecule has 1 unspecified atom stereocenters. The molecule has 1 aliphatic rings. The van der Waals surface area contributed by atoms with Gasteiger partial charge in [-0.15, -0.1) is 0 Å². The second-order valence-corrected chi connectivity index (χ2v) is 6.46. The lowest BCUT2D eigenvalue weighted by Gasteiger charge is -2.09. The molecule has 2 nitrogen and oxygen atoms in total. The van der Waals surface area contributed by atoms with Crippen LogP contribution >= 0.6 is 0 Å². The van der Waals surface area contributed by atoms with Gasteiger partial charge in [0, 0.05) is 6.42 Å². The molecule has 0 saturated heterocycles. The molecule has 0 aromatic heterocycles. The van der Waals surface area contributed by atoms with Crippen LogP contribution in [0.2, 0.25) is 0 Å². The van der Waals surface area contributed by atoms with Crippen LogP contribution in [0.4, 0.5) is 0 Å². The first-order valence-electron chi connectivity index (χ1n) is 9.16. The highest BCUT2D eigenvalue weighted by molar-refractivity contribution is 5.82. The monoisotopic (exact) mass is 294 g/mol. The van der Waals surface area contributed by atoms with Crippen LogP contribution in [-0.4, -0.2) is 17.0 Å². The predicted octanol–water partition coefficient (Wildman–Crippen LogP) is 5.34. The Bertz CT molecular complexity index is 283. The minimum atomic E-state index is -0.699. The van der Waals surface area contributed by atoms with Crippen molar-refractivity contribution in [2.75, 3.05) is 0 Å². The number of allylic oxidation sites excluding steroid dienone is 2. The van der Waals surface area contributed by atoms with Crippen molar-refractivity contribution in [3.05, 3.63) is 12.2 Å². The molecule has 0 heterocycles. The Morgan fingerprint density at radius 1 is 0.714 bits per heavy atom. The van der Waals surface area contributed by atoms with Crippen molar-refractivity contribution in [1.82, 2.24) is 0 Å². The molecule has 0 fully saturated rings. The van der Waals surface area contributed by atoms with Crippen LogP contribution in [0.3, 0.4) is 0 Å². The number of aliphatic hydroxyl groups is 1. The van der Waals surface area contributed by atoms with Crippen molar-refractivity contribution < 1.29 is 9.90 Å². The summed E-state index contributed by atoms with van der Waals surface area (Å²) in [5, 5.41) is 9.85. The molecular formula is C19H34O2. The van der Waals surface area contributed by atoms with Gasteiger partial charge in [0.25, 0.3) is 0 Å². The fourth-order valence-corrected chi connectivity index (χ4v) is 2.96. The lowest BCUT2D eigenvalue weighted by molar-refractivity contribution is -0.127. The molecule has 1 atom stereocenters. The van der Waals surface area contributed by atoms with Gasteiger partial charge in [0.05, 0.1) is 0 Å².